The van der Waals surface area contributed by atoms with E-state index in [4.69, 9.17) is 12.8 Å². The van der Waals surface area contributed by atoms with Gasteiger partial charge < -0.3 is 5.32 Å². The maximum absolute atomic E-state index is 13.1. The Hall–Kier alpha value is -3.45. The van der Waals surface area contributed by atoms with E-state index in [1.165, 1.54) is 34.8 Å². The predicted molar refractivity (Wildman–Crippen MR) is 137 cm³/mol. The fourth-order valence-corrected chi connectivity index (χ4v) is 6.05. The molecule has 0 unspecified atom stereocenters. The molecule has 4 aromatic rings. The molecule has 1 saturated heterocycles. The first-order chi connectivity index (χ1) is 18.1. The fourth-order valence-electron chi connectivity index (χ4n) is 4.58. The SMILES string of the molecule is [B]c1cnn2c(NCc3cccnc3)cc(C3CCN(S(=O)(=O)c4ccc(CC(F)(F)F)cc4)CC3)nc12. The minimum atomic E-state index is -4.35. The molecule has 2 radical (unpaired) electrons. The quantitative estimate of drug-likeness (QED) is 0.362. The zero-order chi connectivity index (χ0) is 26.9. The van der Waals surface area contributed by atoms with Crippen LogP contribution in [0.25, 0.3) is 5.65 Å². The smallest absolute Gasteiger partial charge is 0.366 e. The van der Waals surface area contributed by atoms with Gasteiger partial charge in [-0.3, -0.25) is 4.98 Å². The largest absolute Gasteiger partial charge is 0.393 e. The number of piperidine rings is 1. The zero-order valence-electron chi connectivity index (χ0n) is 20.3. The minimum Gasteiger partial charge on any atom is -0.366 e. The van der Waals surface area contributed by atoms with Gasteiger partial charge in [-0.05, 0) is 47.6 Å². The molecule has 5 rings (SSSR count). The van der Waals surface area contributed by atoms with Crippen molar-refractivity contribution in [2.75, 3.05) is 18.4 Å². The molecule has 1 aromatic carbocycles. The summed E-state index contributed by atoms with van der Waals surface area (Å²) in [6, 6.07) is 10.6. The molecule has 1 N–H and O–H groups in total. The highest BCUT2D eigenvalue weighted by Crippen LogP contribution is 2.32. The lowest BCUT2D eigenvalue weighted by molar-refractivity contribution is -0.127. The predicted octanol–water partition coefficient (Wildman–Crippen LogP) is 3.20. The maximum atomic E-state index is 13.1. The number of rotatable bonds is 7. The molecule has 0 atom stereocenters. The molecule has 1 fully saturated rings. The van der Waals surface area contributed by atoms with Crippen LogP contribution in [-0.2, 0) is 23.0 Å². The van der Waals surface area contributed by atoms with E-state index in [2.05, 4.69) is 15.4 Å². The highest BCUT2D eigenvalue weighted by atomic mass is 32.2. The third kappa shape index (κ3) is 5.68. The second kappa shape index (κ2) is 10.4. The molecule has 1 aliphatic heterocycles. The number of nitrogens with zero attached hydrogens (tertiary/aromatic N) is 5. The Balaban J connectivity index is 1.30. The standard InChI is InChI=1S/C25H24BF3N6O2S/c26-21-16-32-35-23(31-15-18-2-1-9-30-14-18)12-22(33-24(21)35)19-7-10-34(11-8-19)38(36,37)20-5-3-17(4-6-20)13-25(27,28)29/h1-6,9,12,14,16,19,31H,7-8,10-11,13,15H2. The fraction of sp³-hybridized carbons (Fsp3) is 0.320. The van der Waals surface area contributed by atoms with Crippen LogP contribution in [0, 0.1) is 0 Å². The average molecular weight is 540 g/mol. The number of aromatic nitrogens is 4. The molecule has 0 saturated carbocycles. The Morgan fingerprint density at radius 1 is 1.05 bits per heavy atom. The number of hydrogen-bond donors (Lipinski definition) is 1. The first-order valence-corrected chi connectivity index (χ1v) is 13.5. The number of fused-ring (bicyclic) bond motifs is 1. The molecule has 0 aliphatic carbocycles. The molecule has 0 spiro atoms. The van der Waals surface area contributed by atoms with Crippen molar-refractivity contribution in [2.24, 2.45) is 0 Å². The van der Waals surface area contributed by atoms with Gasteiger partial charge in [0.1, 0.15) is 19.3 Å². The Bertz CT molecular complexity index is 1520. The first-order valence-electron chi connectivity index (χ1n) is 12.0. The lowest BCUT2D eigenvalue weighted by atomic mass is 9.94. The van der Waals surface area contributed by atoms with E-state index in [1.807, 2.05) is 18.2 Å². The number of anilines is 1. The molecule has 196 valence electrons. The minimum absolute atomic E-state index is 0.00569. The van der Waals surface area contributed by atoms with Crippen LogP contribution in [0.2, 0.25) is 0 Å². The molecule has 13 heteroatoms. The van der Waals surface area contributed by atoms with E-state index >= 15 is 0 Å². The van der Waals surface area contributed by atoms with Gasteiger partial charge in [-0.15, -0.1) is 0 Å². The Morgan fingerprint density at radius 3 is 2.45 bits per heavy atom. The van der Waals surface area contributed by atoms with Gasteiger partial charge in [-0.2, -0.15) is 27.1 Å². The van der Waals surface area contributed by atoms with Crippen molar-refractivity contribution in [1.82, 2.24) is 23.9 Å². The number of hydrogen-bond acceptors (Lipinski definition) is 6. The molecule has 4 heterocycles. The third-order valence-corrected chi connectivity index (χ3v) is 8.47. The van der Waals surface area contributed by atoms with Crippen molar-refractivity contribution >= 4 is 34.8 Å². The van der Waals surface area contributed by atoms with E-state index in [0.717, 1.165) is 11.3 Å². The van der Waals surface area contributed by atoms with Crippen LogP contribution in [0.3, 0.4) is 0 Å². The Labute approximate surface area is 219 Å². The summed E-state index contributed by atoms with van der Waals surface area (Å²) in [5.41, 5.74) is 2.75. The van der Waals surface area contributed by atoms with E-state index in [-0.39, 0.29) is 29.5 Å². The van der Waals surface area contributed by atoms with Crippen molar-refractivity contribution in [2.45, 2.75) is 42.8 Å². The van der Waals surface area contributed by atoms with Crippen LogP contribution in [0.4, 0.5) is 19.0 Å². The van der Waals surface area contributed by atoms with Gasteiger partial charge in [-0.1, -0.05) is 18.2 Å². The summed E-state index contributed by atoms with van der Waals surface area (Å²) in [6.45, 7) is 1.04. The monoisotopic (exact) mass is 540 g/mol. The molecule has 3 aromatic heterocycles. The molecule has 0 amide bonds. The van der Waals surface area contributed by atoms with Crippen molar-refractivity contribution < 1.29 is 21.6 Å². The van der Waals surface area contributed by atoms with Crippen LogP contribution >= 0.6 is 0 Å². The maximum Gasteiger partial charge on any atom is 0.393 e. The molecule has 38 heavy (non-hydrogen) atoms. The van der Waals surface area contributed by atoms with Crippen LogP contribution in [0.5, 0.6) is 0 Å². The highest BCUT2D eigenvalue weighted by Gasteiger charge is 2.32. The average Bonchev–Trinajstić information content (AvgIpc) is 3.28. The van der Waals surface area contributed by atoms with Crippen molar-refractivity contribution in [3.63, 3.8) is 0 Å². The number of pyridine rings is 1. The molecule has 0 bridgehead atoms. The van der Waals surface area contributed by atoms with E-state index < -0.39 is 22.6 Å². The summed E-state index contributed by atoms with van der Waals surface area (Å²) < 4.78 is 67.2. The number of sulfonamides is 1. The Morgan fingerprint density at radius 2 is 1.79 bits per heavy atom. The summed E-state index contributed by atoms with van der Waals surface area (Å²) in [6.07, 6.45) is 0.623. The van der Waals surface area contributed by atoms with Gasteiger partial charge in [0.2, 0.25) is 10.0 Å². The van der Waals surface area contributed by atoms with Crippen molar-refractivity contribution in [1.29, 1.82) is 0 Å². The van der Waals surface area contributed by atoms with Gasteiger partial charge in [0.25, 0.3) is 0 Å². The Kier molecular flexibility index (Phi) is 7.14. The number of halogens is 3. The summed E-state index contributed by atoms with van der Waals surface area (Å²) in [5, 5.41) is 7.68. The van der Waals surface area contributed by atoms with Crippen molar-refractivity contribution in [3.05, 3.63) is 77.9 Å². The molecular formula is C25H24BF3N6O2S. The summed E-state index contributed by atoms with van der Waals surface area (Å²) in [7, 11) is 2.28. The van der Waals surface area contributed by atoms with E-state index in [1.54, 1.807) is 16.9 Å². The first kappa shape index (κ1) is 26.2. The topological polar surface area (TPSA) is 92.5 Å². The van der Waals surface area contributed by atoms with Crippen molar-refractivity contribution in [3.8, 4) is 0 Å². The summed E-state index contributed by atoms with van der Waals surface area (Å²) in [5.74, 6) is 0.702. The normalized spacial score (nSPS) is 15.7. The number of alkyl halides is 3. The van der Waals surface area contributed by atoms with Gasteiger partial charge in [-0.25, -0.2) is 13.4 Å². The van der Waals surface area contributed by atoms with Crippen LogP contribution in [-0.4, -0.2) is 59.4 Å². The summed E-state index contributed by atoms with van der Waals surface area (Å²) in [4.78, 5) is 8.83. The number of nitrogens with one attached hydrogen (secondary N) is 1. The zero-order valence-corrected chi connectivity index (χ0v) is 21.1. The number of benzene rings is 1. The van der Waals surface area contributed by atoms with Crippen LogP contribution in [0.1, 0.15) is 35.6 Å². The van der Waals surface area contributed by atoms with Gasteiger partial charge in [0, 0.05) is 55.9 Å². The summed E-state index contributed by atoms with van der Waals surface area (Å²) >= 11 is 0. The van der Waals surface area contributed by atoms with Crippen LogP contribution in [0.15, 0.2) is 66.0 Å². The lowest BCUT2D eigenvalue weighted by Gasteiger charge is -2.31. The van der Waals surface area contributed by atoms with E-state index in [9.17, 15) is 21.6 Å². The van der Waals surface area contributed by atoms with E-state index in [0.29, 0.717) is 36.3 Å². The van der Waals surface area contributed by atoms with Gasteiger partial charge in [0.15, 0.2) is 0 Å². The van der Waals surface area contributed by atoms with Crippen LogP contribution < -0.4 is 10.8 Å². The lowest BCUT2D eigenvalue weighted by Crippen LogP contribution is -2.38. The third-order valence-electron chi connectivity index (χ3n) is 6.55. The molecule has 8 nitrogen and oxygen atoms in total. The second-order valence-electron chi connectivity index (χ2n) is 9.23. The second-order valence-corrected chi connectivity index (χ2v) is 11.2. The molecular weight excluding hydrogens is 516 g/mol. The van der Waals surface area contributed by atoms with Gasteiger partial charge >= 0.3 is 6.18 Å². The highest BCUT2D eigenvalue weighted by molar-refractivity contribution is 7.89. The van der Waals surface area contributed by atoms with Gasteiger partial charge in [0.05, 0.1) is 11.3 Å². The molecule has 1 aliphatic rings.